The fraction of sp³-hybridized carbons (Fsp3) is 0.778. The van der Waals surface area contributed by atoms with Crippen LogP contribution in [0.4, 0.5) is 0 Å². The van der Waals surface area contributed by atoms with Crippen molar-refractivity contribution in [2.45, 2.75) is 37.8 Å². The average Bonchev–Trinajstić information content (AvgIpc) is 2.08. The van der Waals surface area contributed by atoms with Crippen molar-refractivity contribution < 1.29 is 13.5 Å². The number of hydrogen-bond donors (Lipinski definition) is 2. The highest BCUT2D eigenvalue weighted by molar-refractivity contribution is 7.89. The molecule has 0 bridgehead atoms. The fourth-order valence-corrected chi connectivity index (χ4v) is 2.80. The number of aliphatic hydroxyl groups is 1. The molecule has 0 spiro atoms. The molecule has 5 heteroatoms. The quantitative estimate of drug-likeness (QED) is 0.672. The van der Waals surface area contributed by atoms with Crippen molar-refractivity contribution in [3.8, 4) is 0 Å². The Labute approximate surface area is 85.1 Å². The molecule has 0 radical (unpaired) electrons. The van der Waals surface area contributed by atoms with E-state index in [0.717, 1.165) is 12.8 Å². The van der Waals surface area contributed by atoms with Crippen LogP contribution in [-0.4, -0.2) is 31.4 Å². The van der Waals surface area contributed by atoms with Gasteiger partial charge in [-0.2, -0.15) is 0 Å². The van der Waals surface area contributed by atoms with Crippen LogP contribution in [-0.2, 0) is 10.0 Å². The van der Waals surface area contributed by atoms with E-state index in [1.54, 1.807) is 0 Å². The summed E-state index contributed by atoms with van der Waals surface area (Å²) in [5, 5.41) is 9.24. The molecular weight excluding hydrogens is 202 g/mol. The summed E-state index contributed by atoms with van der Waals surface area (Å²) in [5.74, 6) is -0.0357. The first-order chi connectivity index (χ1) is 6.53. The van der Waals surface area contributed by atoms with Crippen LogP contribution in [0.3, 0.4) is 0 Å². The molecule has 0 aromatic carbocycles. The van der Waals surface area contributed by atoms with Gasteiger partial charge < -0.3 is 5.11 Å². The monoisotopic (exact) mass is 219 g/mol. The van der Waals surface area contributed by atoms with Crippen molar-refractivity contribution in [2.24, 2.45) is 0 Å². The molecule has 0 unspecified atom stereocenters. The zero-order chi connectivity index (χ0) is 10.6. The molecular formula is C9H17NO3S. The van der Waals surface area contributed by atoms with Crippen molar-refractivity contribution in [1.82, 2.24) is 4.72 Å². The minimum atomic E-state index is -3.20. The molecule has 1 aliphatic rings. The summed E-state index contributed by atoms with van der Waals surface area (Å²) >= 11 is 0. The second kappa shape index (κ2) is 4.91. The number of nitrogens with one attached hydrogen (secondary N) is 1. The molecule has 4 nitrogen and oxygen atoms in total. The van der Waals surface area contributed by atoms with E-state index in [-0.39, 0.29) is 17.9 Å². The summed E-state index contributed by atoms with van der Waals surface area (Å²) in [6.45, 7) is 3.39. The number of sulfonamides is 1. The van der Waals surface area contributed by atoms with E-state index >= 15 is 0 Å². The van der Waals surface area contributed by atoms with E-state index in [1.165, 1.54) is 6.08 Å². The van der Waals surface area contributed by atoms with Crippen molar-refractivity contribution >= 4 is 10.0 Å². The zero-order valence-corrected chi connectivity index (χ0v) is 8.96. The van der Waals surface area contributed by atoms with Crippen molar-refractivity contribution in [2.75, 3.05) is 5.75 Å². The maximum atomic E-state index is 11.3. The Bertz CT molecular complexity index is 278. The SMILES string of the molecule is C=CCS(=O)(=O)NC1CCC(O)CC1. The van der Waals surface area contributed by atoms with Crippen LogP contribution in [0, 0.1) is 0 Å². The predicted octanol–water partition coefficient (Wildman–Crippen LogP) is 0.395. The minimum Gasteiger partial charge on any atom is -0.393 e. The lowest BCUT2D eigenvalue weighted by atomic mass is 9.94. The zero-order valence-electron chi connectivity index (χ0n) is 8.15. The number of aliphatic hydroxyl groups excluding tert-OH is 1. The first-order valence-electron chi connectivity index (χ1n) is 4.82. The molecule has 1 saturated carbocycles. The lowest BCUT2D eigenvalue weighted by molar-refractivity contribution is 0.120. The van der Waals surface area contributed by atoms with E-state index in [1.807, 2.05) is 0 Å². The molecule has 0 aromatic heterocycles. The molecule has 0 amide bonds. The highest BCUT2D eigenvalue weighted by Gasteiger charge is 2.22. The molecule has 0 saturated heterocycles. The second-order valence-corrected chi connectivity index (χ2v) is 5.49. The molecule has 1 aliphatic carbocycles. The van der Waals surface area contributed by atoms with Gasteiger partial charge in [0.15, 0.2) is 0 Å². The maximum absolute atomic E-state index is 11.3. The van der Waals surface area contributed by atoms with Crippen molar-refractivity contribution in [3.63, 3.8) is 0 Å². The minimum absolute atomic E-state index is 0.0108. The summed E-state index contributed by atoms with van der Waals surface area (Å²) in [7, 11) is -3.20. The Hall–Kier alpha value is -0.390. The van der Waals surface area contributed by atoms with Gasteiger partial charge in [-0.15, -0.1) is 6.58 Å². The van der Waals surface area contributed by atoms with Crippen LogP contribution in [0.1, 0.15) is 25.7 Å². The first kappa shape index (κ1) is 11.7. The lowest BCUT2D eigenvalue weighted by Crippen LogP contribution is -2.39. The van der Waals surface area contributed by atoms with Crippen LogP contribution in [0.2, 0.25) is 0 Å². The Balaban J connectivity index is 2.41. The van der Waals surface area contributed by atoms with Crippen LogP contribution in [0.5, 0.6) is 0 Å². The summed E-state index contributed by atoms with van der Waals surface area (Å²) in [5.41, 5.74) is 0. The molecule has 0 aliphatic heterocycles. The molecule has 14 heavy (non-hydrogen) atoms. The largest absolute Gasteiger partial charge is 0.393 e. The highest BCUT2D eigenvalue weighted by Crippen LogP contribution is 2.18. The van der Waals surface area contributed by atoms with Crippen LogP contribution >= 0.6 is 0 Å². The normalized spacial score (nSPS) is 28.6. The maximum Gasteiger partial charge on any atom is 0.215 e. The lowest BCUT2D eigenvalue weighted by Gasteiger charge is -2.25. The van der Waals surface area contributed by atoms with Gasteiger partial charge in [-0.05, 0) is 25.7 Å². The van der Waals surface area contributed by atoms with Crippen LogP contribution < -0.4 is 4.72 Å². The van der Waals surface area contributed by atoms with Gasteiger partial charge in [0.25, 0.3) is 0 Å². The third-order valence-electron chi connectivity index (χ3n) is 2.38. The van der Waals surface area contributed by atoms with E-state index in [2.05, 4.69) is 11.3 Å². The van der Waals surface area contributed by atoms with Gasteiger partial charge in [0.05, 0.1) is 11.9 Å². The van der Waals surface area contributed by atoms with Gasteiger partial charge >= 0.3 is 0 Å². The molecule has 1 fully saturated rings. The Morgan fingerprint density at radius 2 is 1.93 bits per heavy atom. The number of hydrogen-bond acceptors (Lipinski definition) is 3. The molecule has 1 rings (SSSR count). The highest BCUT2D eigenvalue weighted by atomic mass is 32.2. The molecule has 0 heterocycles. The van der Waals surface area contributed by atoms with E-state index in [9.17, 15) is 13.5 Å². The Kier molecular flexibility index (Phi) is 4.10. The van der Waals surface area contributed by atoms with E-state index in [4.69, 9.17) is 0 Å². The standard InChI is InChI=1S/C9H17NO3S/c1-2-7-14(12,13)10-8-3-5-9(11)6-4-8/h2,8-11H,1,3-7H2. The smallest absolute Gasteiger partial charge is 0.215 e. The van der Waals surface area contributed by atoms with Crippen LogP contribution in [0.15, 0.2) is 12.7 Å². The summed E-state index contributed by atoms with van der Waals surface area (Å²) < 4.78 is 25.3. The van der Waals surface area contributed by atoms with E-state index in [0.29, 0.717) is 12.8 Å². The van der Waals surface area contributed by atoms with Crippen molar-refractivity contribution in [3.05, 3.63) is 12.7 Å². The third kappa shape index (κ3) is 3.77. The third-order valence-corrected chi connectivity index (χ3v) is 3.75. The van der Waals surface area contributed by atoms with Gasteiger partial charge in [-0.25, -0.2) is 13.1 Å². The molecule has 0 aromatic rings. The number of rotatable bonds is 4. The van der Waals surface area contributed by atoms with E-state index < -0.39 is 10.0 Å². The first-order valence-corrected chi connectivity index (χ1v) is 6.47. The fourth-order valence-electron chi connectivity index (χ4n) is 1.65. The summed E-state index contributed by atoms with van der Waals surface area (Å²) in [6, 6.07) is -0.0108. The molecule has 2 N–H and O–H groups in total. The van der Waals surface area contributed by atoms with Gasteiger partial charge in [-0.3, -0.25) is 0 Å². The Morgan fingerprint density at radius 1 is 1.36 bits per heavy atom. The molecule has 82 valence electrons. The predicted molar refractivity (Wildman–Crippen MR) is 55.4 cm³/mol. The summed E-state index contributed by atoms with van der Waals surface area (Å²) in [6.07, 6.45) is 3.92. The van der Waals surface area contributed by atoms with Gasteiger partial charge in [-0.1, -0.05) is 6.08 Å². The van der Waals surface area contributed by atoms with Gasteiger partial charge in [0.2, 0.25) is 10.0 Å². The summed E-state index contributed by atoms with van der Waals surface area (Å²) in [4.78, 5) is 0. The Morgan fingerprint density at radius 3 is 2.43 bits per heavy atom. The average molecular weight is 219 g/mol. The van der Waals surface area contributed by atoms with Gasteiger partial charge in [0, 0.05) is 6.04 Å². The molecule has 0 atom stereocenters. The topological polar surface area (TPSA) is 66.4 Å². The van der Waals surface area contributed by atoms with Crippen molar-refractivity contribution in [1.29, 1.82) is 0 Å². The van der Waals surface area contributed by atoms with Gasteiger partial charge in [0.1, 0.15) is 0 Å². The second-order valence-electron chi connectivity index (χ2n) is 3.69. The van der Waals surface area contributed by atoms with Crippen LogP contribution in [0.25, 0.3) is 0 Å².